The molecule has 0 aliphatic rings. The molecular weight excluding hydrogens is 292 g/mol. The Morgan fingerprint density at radius 2 is 1.41 bits per heavy atom. The first-order valence-corrected chi connectivity index (χ1v) is 7.60. The van der Waals surface area contributed by atoms with Gasteiger partial charge in [0.2, 0.25) is 0 Å². The average Bonchev–Trinajstić information content (AvgIpc) is 2.47. The second-order valence-corrected chi connectivity index (χ2v) is 4.72. The van der Waals surface area contributed by atoms with Gasteiger partial charge in [0, 0.05) is 0 Å². The van der Waals surface area contributed by atoms with Crippen LogP contribution in [0.3, 0.4) is 0 Å². The summed E-state index contributed by atoms with van der Waals surface area (Å²) in [6, 6.07) is 0. The minimum atomic E-state index is -0.996. The molecule has 0 aromatic heterocycles. The van der Waals surface area contributed by atoms with E-state index in [1.54, 1.807) is 0 Å². The maximum atomic E-state index is 11.5. The normalized spacial score (nSPS) is 11.6. The third kappa shape index (κ3) is 11.1. The molecule has 0 amide bonds. The van der Waals surface area contributed by atoms with Crippen molar-refractivity contribution in [3.8, 4) is 0 Å². The fraction of sp³-hybridized carbons (Fsp3) is 0.800. The Bertz CT molecular complexity index is 341. The number of carbonyl (C=O) groups is 3. The van der Waals surface area contributed by atoms with Crippen molar-refractivity contribution in [2.75, 3.05) is 26.4 Å². The molecule has 0 unspecified atom stereocenters. The maximum absolute atomic E-state index is 11.5. The number of esters is 3. The van der Waals surface area contributed by atoms with E-state index in [0.717, 1.165) is 25.7 Å². The second-order valence-electron chi connectivity index (χ2n) is 4.72. The molecule has 0 N–H and O–H groups in total. The Hall–Kier alpha value is -1.63. The van der Waals surface area contributed by atoms with Crippen LogP contribution in [0.1, 0.15) is 46.5 Å². The monoisotopic (exact) mass is 318 g/mol. The predicted octanol–water partition coefficient (Wildman–Crippen LogP) is 1.62. The molecule has 0 aromatic carbocycles. The zero-order valence-corrected chi connectivity index (χ0v) is 13.6. The first kappa shape index (κ1) is 20.4. The highest BCUT2D eigenvalue weighted by atomic mass is 16.6. The van der Waals surface area contributed by atoms with Crippen molar-refractivity contribution in [3.05, 3.63) is 0 Å². The summed E-state index contributed by atoms with van der Waals surface area (Å²) < 4.78 is 19.5. The van der Waals surface area contributed by atoms with Crippen LogP contribution in [0.15, 0.2) is 0 Å². The Morgan fingerprint density at radius 1 is 0.864 bits per heavy atom. The molecule has 22 heavy (non-hydrogen) atoms. The van der Waals surface area contributed by atoms with E-state index in [9.17, 15) is 14.4 Å². The van der Waals surface area contributed by atoms with Crippen LogP contribution < -0.4 is 0 Å². The number of unbranched alkanes of at least 4 members (excludes halogenated alkanes) is 2. The minimum Gasteiger partial charge on any atom is -0.464 e. The summed E-state index contributed by atoms with van der Waals surface area (Å²) in [5.74, 6) is -1.87. The molecular formula is C15H26O7. The van der Waals surface area contributed by atoms with Crippen molar-refractivity contribution >= 4 is 17.9 Å². The maximum Gasteiger partial charge on any atom is 0.347 e. The highest BCUT2D eigenvalue weighted by molar-refractivity contribution is 5.79. The van der Waals surface area contributed by atoms with E-state index >= 15 is 0 Å². The third-order valence-corrected chi connectivity index (χ3v) is 2.58. The molecule has 0 heterocycles. The average molecular weight is 318 g/mol. The van der Waals surface area contributed by atoms with E-state index in [2.05, 4.69) is 0 Å². The van der Waals surface area contributed by atoms with Crippen LogP contribution in [0.4, 0.5) is 0 Å². The highest BCUT2D eigenvalue weighted by Crippen LogP contribution is 1.98. The van der Waals surface area contributed by atoms with Gasteiger partial charge in [0.25, 0.3) is 0 Å². The standard InChI is InChI=1S/C15H26O7/c1-4-6-8-20-13(16)10-19-11-14(17)22-12(3)15(18)21-9-7-5-2/h12H,4-11H2,1-3H3/t12-/m1/s1. The van der Waals surface area contributed by atoms with Gasteiger partial charge in [-0.25, -0.2) is 14.4 Å². The molecule has 0 aliphatic heterocycles. The van der Waals surface area contributed by atoms with Crippen LogP contribution >= 0.6 is 0 Å². The largest absolute Gasteiger partial charge is 0.464 e. The zero-order chi connectivity index (χ0) is 16.8. The fourth-order valence-electron chi connectivity index (χ4n) is 1.30. The highest BCUT2D eigenvalue weighted by Gasteiger charge is 2.19. The van der Waals surface area contributed by atoms with Gasteiger partial charge in [-0.1, -0.05) is 26.7 Å². The lowest BCUT2D eigenvalue weighted by Crippen LogP contribution is -2.29. The lowest BCUT2D eigenvalue weighted by molar-refractivity contribution is -0.170. The van der Waals surface area contributed by atoms with Crippen LogP contribution in [0.5, 0.6) is 0 Å². The first-order chi connectivity index (χ1) is 10.5. The van der Waals surface area contributed by atoms with Gasteiger partial charge < -0.3 is 18.9 Å². The van der Waals surface area contributed by atoms with E-state index in [4.69, 9.17) is 18.9 Å². The van der Waals surface area contributed by atoms with Crippen molar-refractivity contribution in [3.63, 3.8) is 0 Å². The minimum absolute atomic E-state index is 0.303. The summed E-state index contributed by atoms with van der Waals surface area (Å²) in [5, 5.41) is 0. The predicted molar refractivity (Wildman–Crippen MR) is 78.1 cm³/mol. The van der Waals surface area contributed by atoms with Crippen molar-refractivity contribution in [1.29, 1.82) is 0 Å². The zero-order valence-electron chi connectivity index (χ0n) is 13.6. The summed E-state index contributed by atoms with van der Waals surface area (Å²) in [7, 11) is 0. The lowest BCUT2D eigenvalue weighted by atomic mass is 10.3. The molecule has 0 radical (unpaired) electrons. The molecule has 0 rings (SSSR count). The summed E-state index contributed by atoms with van der Waals surface area (Å²) >= 11 is 0. The quantitative estimate of drug-likeness (QED) is 0.307. The number of hydrogen-bond donors (Lipinski definition) is 0. The molecule has 0 bridgehead atoms. The van der Waals surface area contributed by atoms with Crippen LogP contribution in [-0.4, -0.2) is 50.4 Å². The van der Waals surface area contributed by atoms with Gasteiger partial charge in [-0.3, -0.25) is 0 Å². The molecule has 0 spiro atoms. The molecule has 1 atom stereocenters. The molecule has 0 saturated carbocycles. The van der Waals surface area contributed by atoms with E-state index in [1.807, 2.05) is 13.8 Å². The van der Waals surface area contributed by atoms with E-state index in [0.29, 0.717) is 13.2 Å². The SMILES string of the molecule is CCCCOC(=O)COCC(=O)O[C@H](C)C(=O)OCCCC. The number of hydrogen-bond acceptors (Lipinski definition) is 7. The van der Waals surface area contributed by atoms with Crippen molar-refractivity contribution in [1.82, 2.24) is 0 Å². The third-order valence-electron chi connectivity index (χ3n) is 2.58. The second kappa shape index (κ2) is 13.1. The molecule has 0 saturated heterocycles. The van der Waals surface area contributed by atoms with E-state index in [1.165, 1.54) is 6.92 Å². The van der Waals surface area contributed by atoms with Crippen LogP contribution in [0.25, 0.3) is 0 Å². The number of ether oxygens (including phenoxy) is 4. The molecule has 7 nitrogen and oxygen atoms in total. The number of carbonyl (C=O) groups excluding carboxylic acids is 3. The number of rotatable bonds is 12. The molecule has 7 heteroatoms. The smallest absolute Gasteiger partial charge is 0.347 e. The van der Waals surface area contributed by atoms with Crippen LogP contribution in [0, 0.1) is 0 Å². The molecule has 0 aromatic rings. The summed E-state index contributed by atoms with van der Waals surface area (Å²) in [6.07, 6.45) is 2.38. The van der Waals surface area contributed by atoms with Gasteiger partial charge in [0.1, 0.15) is 13.2 Å². The summed E-state index contributed by atoms with van der Waals surface area (Å²) in [5.41, 5.74) is 0. The molecule has 0 aliphatic carbocycles. The Morgan fingerprint density at radius 3 is 2.00 bits per heavy atom. The van der Waals surface area contributed by atoms with Gasteiger partial charge in [-0.15, -0.1) is 0 Å². The van der Waals surface area contributed by atoms with Crippen LogP contribution in [0.2, 0.25) is 0 Å². The van der Waals surface area contributed by atoms with Gasteiger partial charge in [0.15, 0.2) is 6.10 Å². The van der Waals surface area contributed by atoms with Crippen molar-refractivity contribution < 1.29 is 33.3 Å². The Balaban J connectivity index is 3.75. The Labute approximate surface area is 131 Å². The topological polar surface area (TPSA) is 88.1 Å². The van der Waals surface area contributed by atoms with E-state index < -0.39 is 30.6 Å². The van der Waals surface area contributed by atoms with E-state index in [-0.39, 0.29) is 6.61 Å². The van der Waals surface area contributed by atoms with Gasteiger partial charge in [-0.2, -0.15) is 0 Å². The lowest BCUT2D eigenvalue weighted by Gasteiger charge is -2.12. The Kier molecular flexibility index (Phi) is 12.1. The van der Waals surface area contributed by atoms with Gasteiger partial charge in [0.05, 0.1) is 13.2 Å². The summed E-state index contributed by atoms with van der Waals surface area (Å²) in [4.78, 5) is 34.1. The first-order valence-electron chi connectivity index (χ1n) is 7.60. The van der Waals surface area contributed by atoms with Gasteiger partial charge in [-0.05, 0) is 19.8 Å². The van der Waals surface area contributed by atoms with Crippen molar-refractivity contribution in [2.24, 2.45) is 0 Å². The summed E-state index contributed by atoms with van der Waals surface area (Å²) in [6.45, 7) is 5.27. The molecule has 128 valence electrons. The van der Waals surface area contributed by atoms with Crippen LogP contribution in [-0.2, 0) is 33.3 Å². The van der Waals surface area contributed by atoms with Crippen molar-refractivity contribution in [2.45, 2.75) is 52.6 Å². The fourth-order valence-corrected chi connectivity index (χ4v) is 1.30. The molecule has 0 fully saturated rings. The van der Waals surface area contributed by atoms with Gasteiger partial charge >= 0.3 is 17.9 Å².